The van der Waals surface area contributed by atoms with Gasteiger partial charge in [0.05, 0.1) is 0 Å². The van der Waals surface area contributed by atoms with Crippen LogP contribution < -0.4 is 0 Å². The van der Waals surface area contributed by atoms with Crippen molar-refractivity contribution in [2.75, 3.05) is 40.3 Å². The van der Waals surface area contributed by atoms with Gasteiger partial charge in [0, 0.05) is 14.1 Å². The molecule has 0 fully saturated rings. The maximum atomic E-state index is 2.62. The van der Waals surface area contributed by atoms with E-state index in [2.05, 4.69) is 67.7 Å². The van der Waals surface area contributed by atoms with Crippen LogP contribution in [0.4, 0.5) is 0 Å². The average Bonchev–Trinajstić information content (AvgIpc) is 2.27. The summed E-state index contributed by atoms with van der Waals surface area (Å²) in [5, 5.41) is 0. The third-order valence-corrected chi connectivity index (χ3v) is 6.40. The van der Waals surface area contributed by atoms with Crippen molar-refractivity contribution in [3.63, 3.8) is 0 Å². The molecule has 0 aliphatic rings. The Balaban J connectivity index is 4.72. The van der Waals surface area contributed by atoms with E-state index in [1.165, 1.54) is 0 Å². The first-order chi connectivity index (χ1) is 7.60. The van der Waals surface area contributed by atoms with E-state index in [1.807, 2.05) is 0 Å². The standard InChI is InChI=1S/C12H29N3Si/c1-7-14(8-2)16(12-11-13(5)6)15(9-3)10-4/h11-12,16H,7-10H2,1-6H3. The molecule has 0 heterocycles. The zero-order valence-corrected chi connectivity index (χ0v) is 13.1. The van der Waals surface area contributed by atoms with Gasteiger partial charge in [0.25, 0.3) is 0 Å². The topological polar surface area (TPSA) is 9.72 Å². The molecule has 0 aliphatic heterocycles. The van der Waals surface area contributed by atoms with Crippen LogP contribution in [0.3, 0.4) is 0 Å². The van der Waals surface area contributed by atoms with Crippen LogP contribution >= 0.6 is 0 Å². The Morgan fingerprint density at radius 1 is 0.812 bits per heavy atom. The molecule has 0 aromatic rings. The van der Waals surface area contributed by atoms with Crippen molar-refractivity contribution < 1.29 is 0 Å². The first-order valence-electron chi connectivity index (χ1n) is 6.43. The van der Waals surface area contributed by atoms with E-state index in [9.17, 15) is 0 Å². The molecule has 3 nitrogen and oxygen atoms in total. The van der Waals surface area contributed by atoms with Crippen molar-refractivity contribution in [3.05, 3.63) is 11.9 Å². The highest BCUT2D eigenvalue weighted by Crippen LogP contribution is 2.03. The summed E-state index contributed by atoms with van der Waals surface area (Å²) < 4.78 is 5.24. The van der Waals surface area contributed by atoms with Crippen LogP contribution in [0.15, 0.2) is 11.9 Å². The summed E-state index contributed by atoms with van der Waals surface area (Å²) in [5.41, 5.74) is 2.43. The van der Waals surface area contributed by atoms with Gasteiger partial charge < -0.3 is 14.0 Å². The van der Waals surface area contributed by atoms with Crippen molar-refractivity contribution in [1.82, 2.24) is 14.0 Å². The van der Waals surface area contributed by atoms with E-state index in [-0.39, 0.29) is 0 Å². The molecule has 0 saturated heterocycles. The molecule has 0 amide bonds. The van der Waals surface area contributed by atoms with Gasteiger partial charge >= 0.3 is 0 Å². The van der Waals surface area contributed by atoms with Gasteiger partial charge in [0.1, 0.15) is 0 Å². The molecule has 0 aromatic carbocycles. The average molecular weight is 243 g/mol. The van der Waals surface area contributed by atoms with Crippen LogP contribution in [-0.4, -0.2) is 63.4 Å². The van der Waals surface area contributed by atoms with Crippen molar-refractivity contribution in [3.8, 4) is 0 Å². The molecule has 16 heavy (non-hydrogen) atoms. The molecule has 0 atom stereocenters. The lowest BCUT2D eigenvalue weighted by molar-refractivity contribution is 0.386. The first kappa shape index (κ1) is 15.7. The molecule has 0 bridgehead atoms. The van der Waals surface area contributed by atoms with Gasteiger partial charge in [0.15, 0.2) is 0 Å². The molecule has 0 spiro atoms. The number of nitrogens with zero attached hydrogens (tertiary/aromatic N) is 3. The largest absolute Gasteiger partial charge is 0.384 e. The molecule has 0 radical (unpaired) electrons. The number of hydrogen-bond acceptors (Lipinski definition) is 3. The Morgan fingerprint density at radius 3 is 1.44 bits per heavy atom. The van der Waals surface area contributed by atoms with Gasteiger partial charge in [-0.05, 0) is 32.4 Å². The van der Waals surface area contributed by atoms with E-state index in [0.717, 1.165) is 26.2 Å². The fourth-order valence-corrected chi connectivity index (χ4v) is 4.86. The second kappa shape index (κ2) is 8.79. The number of hydrogen-bond donors (Lipinski definition) is 0. The lowest BCUT2D eigenvalue weighted by Gasteiger charge is -2.34. The second-order valence-electron chi connectivity index (χ2n) is 4.16. The summed E-state index contributed by atoms with van der Waals surface area (Å²) >= 11 is 0. The predicted octanol–water partition coefficient (Wildman–Crippen LogP) is 1.50. The third-order valence-electron chi connectivity index (χ3n) is 2.93. The second-order valence-corrected chi connectivity index (χ2v) is 6.83. The predicted molar refractivity (Wildman–Crippen MR) is 75.8 cm³/mol. The van der Waals surface area contributed by atoms with E-state index < -0.39 is 9.12 Å². The van der Waals surface area contributed by atoms with Crippen molar-refractivity contribution in [2.24, 2.45) is 0 Å². The fourth-order valence-electron chi connectivity index (χ4n) is 1.92. The van der Waals surface area contributed by atoms with Crippen LogP contribution in [0.2, 0.25) is 0 Å². The van der Waals surface area contributed by atoms with Gasteiger partial charge in [-0.1, -0.05) is 33.4 Å². The first-order valence-corrected chi connectivity index (χ1v) is 8.13. The molecule has 0 N–H and O–H groups in total. The Morgan fingerprint density at radius 2 is 1.19 bits per heavy atom. The van der Waals surface area contributed by atoms with Gasteiger partial charge in [-0.3, -0.25) is 0 Å². The summed E-state index contributed by atoms with van der Waals surface area (Å²) in [6, 6.07) is 0. The van der Waals surface area contributed by atoms with Crippen molar-refractivity contribution in [2.45, 2.75) is 27.7 Å². The van der Waals surface area contributed by atoms with Crippen LogP contribution in [-0.2, 0) is 0 Å². The summed E-state index contributed by atoms with van der Waals surface area (Å²) in [6.07, 6.45) is 2.22. The van der Waals surface area contributed by atoms with E-state index in [1.54, 1.807) is 0 Å². The van der Waals surface area contributed by atoms with Crippen LogP contribution in [0, 0.1) is 0 Å². The van der Waals surface area contributed by atoms with Gasteiger partial charge in [-0.15, -0.1) is 0 Å². The number of rotatable bonds is 8. The van der Waals surface area contributed by atoms with Crippen molar-refractivity contribution in [1.29, 1.82) is 0 Å². The Labute approximate surface area is 103 Å². The van der Waals surface area contributed by atoms with Gasteiger partial charge in [-0.25, -0.2) is 0 Å². The summed E-state index contributed by atoms with van der Waals surface area (Å²) in [5.74, 6) is 0. The summed E-state index contributed by atoms with van der Waals surface area (Å²) in [7, 11) is 3.10. The monoisotopic (exact) mass is 243 g/mol. The zero-order chi connectivity index (χ0) is 12.6. The van der Waals surface area contributed by atoms with Crippen LogP contribution in [0.5, 0.6) is 0 Å². The fraction of sp³-hybridized carbons (Fsp3) is 0.833. The van der Waals surface area contributed by atoms with E-state index >= 15 is 0 Å². The minimum absolute atomic E-state index is 1.08. The molecule has 0 rings (SSSR count). The van der Waals surface area contributed by atoms with Crippen LogP contribution in [0.1, 0.15) is 27.7 Å². The zero-order valence-electron chi connectivity index (χ0n) is 11.9. The molecule has 96 valence electrons. The molecule has 0 aromatic heterocycles. The van der Waals surface area contributed by atoms with Crippen LogP contribution in [0.25, 0.3) is 0 Å². The Kier molecular flexibility index (Phi) is 8.61. The highest BCUT2D eigenvalue weighted by Gasteiger charge is 2.20. The third kappa shape index (κ3) is 5.14. The SMILES string of the molecule is CCN(CC)[SiH](C=CN(C)C)N(CC)CC. The molecule has 4 heteroatoms. The lowest BCUT2D eigenvalue weighted by atomic mass is 10.7. The highest BCUT2D eigenvalue weighted by molar-refractivity contribution is 6.58. The van der Waals surface area contributed by atoms with E-state index in [0.29, 0.717) is 0 Å². The molecule has 0 unspecified atom stereocenters. The van der Waals surface area contributed by atoms with Gasteiger partial charge in [-0.2, -0.15) is 0 Å². The molecule has 0 saturated carbocycles. The Hall–Kier alpha value is -0.323. The smallest absolute Gasteiger partial charge is 0.217 e. The maximum absolute atomic E-state index is 2.62. The molecule has 0 aliphatic carbocycles. The maximum Gasteiger partial charge on any atom is 0.217 e. The lowest BCUT2D eigenvalue weighted by Crippen LogP contribution is -2.51. The quantitative estimate of drug-likeness (QED) is 0.598. The normalized spacial score (nSPS) is 12.3. The molecular weight excluding hydrogens is 214 g/mol. The Bertz CT molecular complexity index is 175. The molecular formula is C12H29N3Si. The summed E-state index contributed by atoms with van der Waals surface area (Å²) in [6.45, 7) is 13.7. The highest BCUT2D eigenvalue weighted by atomic mass is 28.3. The minimum atomic E-state index is -1.08. The summed E-state index contributed by atoms with van der Waals surface area (Å²) in [4.78, 5) is 2.13. The minimum Gasteiger partial charge on any atom is -0.384 e. The van der Waals surface area contributed by atoms with Crippen molar-refractivity contribution >= 4 is 9.12 Å². The van der Waals surface area contributed by atoms with Gasteiger partial charge in [0.2, 0.25) is 9.12 Å². The van der Waals surface area contributed by atoms with E-state index in [4.69, 9.17) is 0 Å².